The molecule has 0 saturated heterocycles. The van der Waals surface area contributed by atoms with Crippen LogP contribution in [0.1, 0.15) is 12.5 Å². The van der Waals surface area contributed by atoms with Crippen molar-refractivity contribution in [3.8, 4) is 17.2 Å². The molecule has 0 radical (unpaired) electrons. The molecule has 1 aromatic carbocycles. The molecule has 0 aliphatic carbocycles. The number of benzene rings is 1. The molecule has 0 aliphatic heterocycles. The van der Waals surface area contributed by atoms with Crippen LogP contribution in [0, 0.1) is 0 Å². The van der Waals surface area contributed by atoms with Gasteiger partial charge in [-0.2, -0.15) is 0 Å². The maximum Gasteiger partial charge on any atom is 0.217 e. The monoisotopic (exact) mass is 239 g/mol. The average Bonchev–Trinajstić information content (AvgIpc) is 2.34. The molecule has 5 heteroatoms. The van der Waals surface area contributed by atoms with Crippen molar-refractivity contribution in [3.05, 3.63) is 17.7 Å². The van der Waals surface area contributed by atoms with Gasteiger partial charge in [-0.1, -0.05) is 0 Å². The molecule has 0 bridgehead atoms. The fourth-order valence-electron chi connectivity index (χ4n) is 1.52. The van der Waals surface area contributed by atoms with Crippen molar-refractivity contribution in [2.24, 2.45) is 0 Å². The summed E-state index contributed by atoms with van der Waals surface area (Å²) < 4.78 is 15.7. The first-order chi connectivity index (χ1) is 8.13. The average molecular weight is 239 g/mol. The van der Waals surface area contributed by atoms with Gasteiger partial charge in [-0.3, -0.25) is 4.79 Å². The molecule has 5 nitrogen and oxygen atoms in total. The van der Waals surface area contributed by atoms with Crippen molar-refractivity contribution in [1.82, 2.24) is 5.32 Å². The lowest BCUT2D eigenvalue weighted by Crippen LogP contribution is -2.19. The quantitative estimate of drug-likeness (QED) is 0.842. The standard InChI is InChI=1S/C12H17NO4/c1-8(14)13-7-9-5-6-10(15-2)12(17-4)11(9)16-3/h5-6H,7H2,1-4H3,(H,13,14). The van der Waals surface area contributed by atoms with Gasteiger partial charge >= 0.3 is 0 Å². The predicted octanol–water partition coefficient (Wildman–Crippen LogP) is 1.35. The number of methoxy groups -OCH3 is 3. The number of hydrogen-bond acceptors (Lipinski definition) is 4. The number of carbonyl (C=O) groups excluding carboxylic acids is 1. The summed E-state index contributed by atoms with van der Waals surface area (Å²) in [6.07, 6.45) is 0. The number of rotatable bonds is 5. The van der Waals surface area contributed by atoms with E-state index < -0.39 is 0 Å². The summed E-state index contributed by atoms with van der Waals surface area (Å²) >= 11 is 0. The van der Waals surface area contributed by atoms with E-state index >= 15 is 0 Å². The number of carbonyl (C=O) groups is 1. The van der Waals surface area contributed by atoms with E-state index in [1.54, 1.807) is 27.4 Å². The minimum atomic E-state index is -0.0955. The third-order valence-corrected chi connectivity index (χ3v) is 2.31. The Bertz CT molecular complexity index is 404. The van der Waals surface area contributed by atoms with Gasteiger partial charge in [0.05, 0.1) is 21.3 Å². The molecule has 0 atom stereocenters. The minimum Gasteiger partial charge on any atom is -0.493 e. The maximum absolute atomic E-state index is 10.9. The highest BCUT2D eigenvalue weighted by Gasteiger charge is 2.15. The van der Waals surface area contributed by atoms with Gasteiger partial charge in [0.25, 0.3) is 0 Å². The molecule has 17 heavy (non-hydrogen) atoms. The molecule has 0 fully saturated rings. The Labute approximate surface area is 101 Å². The highest BCUT2D eigenvalue weighted by atomic mass is 16.5. The summed E-state index contributed by atoms with van der Waals surface area (Å²) in [5.41, 5.74) is 0.834. The first kappa shape index (κ1) is 13.2. The summed E-state index contributed by atoms with van der Waals surface area (Å²) in [4.78, 5) is 10.9. The van der Waals surface area contributed by atoms with Gasteiger partial charge in [0.1, 0.15) is 0 Å². The van der Waals surface area contributed by atoms with Crippen LogP contribution < -0.4 is 19.5 Å². The molecule has 1 amide bonds. The summed E-state index contributed by atoms with van der Waals surface area (Å²) in [6.45, 7) is 1.85. The fourth-order valence-corrected chi connectivity index (χ4v) is 1.52. The Balaban J connectivity index is 3.09. The van der Waals surface area contributed by atoms with Crippen LogP contribution in [0.15, 0.2) is 12.1 Å². The smallest absolute Gasteiger partial charge is 0.217 e. The molecule has 0 aromatic heterocycles. The van der Waals surface area contributed by atoms with Crippen LogP contribution in [0.25, 0.3) is 0 Å². The Kier molecular flexibility index (Phi) is 4.63. The van der Waals surface area contributed by atoms with E-state index in [4.69, 9.17) is 14.2 Å². The molecule has 1 N–H and O–H groups in total. The van der Waals surface area contributed by atoms with Gasteiger partial charge < -0.3 is 19.5 Å². The lowest BCUT2D eigenvalue weighted by atomic mass is 10.1. The molecule has 0 unspecified atom stereocenters. The summed E-state index contributed by atoms with van der Waals surface area (Å²) in [7, 11) is 4.65. The van der Waals surface area contributed by atoms with Crippen molar-refractivity contribution in [2.45, 2.75) is 13.5 Å². The van der Waals surface area contributed by atoms with Crippen molar-refractivity contribution in [3.63, 3.8) is 0 Å². The molecule has 0 aliphatic rings. The number of nitrogens with one attached hydrogen (secondary N) is 1. The van der Waals surface area contributed by atoms with E-state index in [0.717, 1.165) is 5.56 Å². The third-order valence-electron chi connectivity index (χ3n) is 2.31. The second-order valence-corrected chi connectivity index (χ2v) is 3.40. The van der Waals surface area contributed by atoms with E-state index in [9.17, 15) is 4.79 Å². The summed E-state index contributed by atoms with van der Waals surface area (Å²) in [5.74, 6) is 1.59. The first-order valence-electron chi connectivity index (χ1n) is 5.16. The highest BCUT2D eigenvalue weighted by Crippen LogP contribution is 2.39. The highest BCUT2D eigenvalue weighted by molar-refractivity contribution is 5.73. The minimum absolute atomic E-state index is 0.0955. The largest absolute Gasteiger partial charge is 0.493 e. The first-order valence-corrected chi connectivity index (χ1v) is 5.16. The van der Waals surface area contributed by atoms with Gasteiger partial charge in [-0.15, -0.1) is 0 Å². The molecular formula is C12H17NO4. The second-order valence-electron chi connectivity index (χ2n) is 3.40. The summed E-state index contributed by atoms with van der Waals surface area (Å²) in [6, 6.07) is 3.61. The zero-order valence-corrected chi connectivity index (χ0v) is 10.5. The van der Waals surface area contributed by atoms with Crippen LogP contribution in [-0.4, -0.2) is 27.2 Å². The van der Waals surface area contributed by atoms with Crippen molar-refractivity contribution in [2.75, 3.05) is 21.3 Å². The van der Waals surface area contributed by atoms with Gasteiger partial charge in [0.2, 0.25) is 11.7 Å². The van der Waals surface area contributed by atoms with E-state index in [1.165, 1.54) is 6.92 Å². The van der Waals surface area contributed by atoms with Gasteiger partial charge in [-0.25, -0.2) is 0 Å². The summed E-state index contributed by atoms with van der Waals surface area (Å²) in [5, 5.41) is 2.71. The van der Waals surface area contributed by atoms with Crippen molar-refractivity contribution >= 4 is 5.91 Å². The Morgan fingerprint density at radius 3 is 2.24 bits per heavy atom. The van der Waals surface area contributed by atoms with E-state index in [-0.39, 0.29) is 5.91 Å². The normalized spacial score (nSPS) is 9.65. The van der Waals surface area contributed by atoms with E-state index in [1.807, 2.05) is 6.07 Å². The second kappa shape index (κ2) is 5.98. The van der Waals surface area contributed by atoms with Crippen LogP contribution in [0.3, 0.4) is 0 Å². The zero-order valence-electron chi connectivity index (χ0n) is 10.5. The Morgan fingerprint density at radius 2 is 1.76 bits per heavy atom. The van der Waals surface area contributed by atoms with E-state index in [2.05, 4.69) is 5.32 Å². The topological polar surface area (TPSA) is 56.8 Å². The molecule has 1 rings (SSSR count). The van der Waals surface area contributed by atoms with Crippen LogP contribution in [0.2, 0.25) is 0 Å². The lowest BCUT2D eigenvalue weighted by molar-refractivity contribution is -0.119. The number of hydrogen-bond donors (Lipinski definition) is 1. The molecule has 1 aromatic rings. The molecule has 0 heterocycles. The lowest BCUT2D eigenvalue weighted by Gasteiger charge is -2.15. The number of ether oxygens (including phenoxy) is 3. The molecular weight excluding hydrogens is 222 g/mol. The van der Waals surface area contributed by atoms with Gasteiger partial charge in [-0.05, 0) is 12.1 Å². The fraction of sp³-hybridized carbons (Fsp3) is 0.417. The van der Waals surface area contributed by atoms with Crippen LogP contribution in [0.4, 0.5) is 0 Å². The molecule has 94 valence electrons. The SMILES string of the molecule is COc1ccc(CNC(C)=O)c(OC)c1OC. The zero-order chi connectivity index (χ0) is 12.8. The van der Waals surface area contributed by atoms with Crippen molar-refractivity contribution < 1.29 is 19.0 Å². The van der Waals surface area contributed by atoms with Crippen LogP contribution in [-0.2, 0) is 11.3 Å². The van der Waals surface area contributed by atoms with Crippen LogP contribution >= 0.6 is 0 Å². The molecule has 0 saturated carbocycles. The third kappa shape index (κ3) is 3.03. The van der Waals surface area contributed by atoms with Gasteiger partial charge in [0, 0.05) is 19.0 Å². The number of amides is 1. The van der Waals surface area contributed by atoms with E-state index in [0.29, 0.717) is 23.8 Å². The van der Waals surface area contributed by atoms with Crippen molar-refractivity contribution in [1.29, 1.82) is 0 Å². The Morgan fingerprint density at radius 1 is 1.12 bits per heavy atom. The van der Waals surface area contributed by atoms with Crippen LogP contribution in [0.5, 0.6) is 17.2 Å². The van der Waals surface area contributed by atoms with Gasteiger partial charge in [0.15, 0.2) is 11.5 Å². The molecule has 0 spiro atoms. The maximum atomic E-state index is 10.9. The predicted molar refractivity (Wildman–Crippen MR) is 63.6 cm³/mol. The Hall–Kier alpha value is -1.91.